The summed E-state index contributed by atoms with van der Waals surface area (Å²) in [6.07, 6.45) is 2.83. The first kappa shape index (κ1) is 23.4. The first-order valence-corrected chi connectivity index (χ1v) is 12.4. The molecule has 1 aliphatic carbocycles. The zero-order chi connectivity index (χ0) is 24.0. The quantitative estimate of drug-likeness (QED) is 0.590. The molecule has 0 saturated heterocycles. The third-order valence-electron chi connectivity index (χ3n) is 6.45. The van der Waals surface area contributed by atoms with E-state index in [1.54, 1.807) is 30.0 Å². The highest BCUT2D eigenvalue weighted by Crippen LogP contribution is 2.46. The van der Waals surface area contributed by atoms with Gasteiger partial charge in [-0.2, -0.15) is 0 Å². The Balaban J connectivity index is 1.65. The van der Waals surface area contributed by atoms with Crippen molar-refractivity contribution < 1.29 is 23.1 Å². The van der Waals surface area contributed by atoms with Crippen LogP contribution in [0.5, 0.6) is 5.75 Å². The van der Waals surface area contributed by atoms with Crippen molar-refractivity contribution in [3.63, 3.8) is 0 Å². The van der Waals surface area contributed by atoms with Crippen molar-refractivity contribution in [3.05, 3.63) is 53.6 Å². The summed E-state index contributed by atoms with van der Waals surface area (Å²) in [6.45, 7) is 7.23. The number of nitrogens with one attached hydrogen (secondary N) is 1. The molecule has 1 fully saturated rings. The average molecular weight is 470 g/mol. The predicted octanol–water partition coefficient (Wildman–Crippen LogP) is 3.96. The Morgan fingerprint density at radius 3 is 2.64 bits per heavy atom. The van der Waals surface area contributed by atoms with E-state index in [-0.39, 0.29) is 23.7 Å². The van der Waals surface area contributed by atoms with E-state index in [1.165, 1.54) is 0 Å². The normalized spacial score (nSPS) is 19.5. The van der Waals surface area contributed by atoms with Crippen molar-refractivity contribution in [2.45, 2.75) is 64.0 Å². The molecule has 1 aliphatic heterocycles. The maximum atomic E-state index is 13.4. The van der Waals surface area contributed by atoms with Crippen LogP contribution in [0.3, 0.4) is 0 Å². The van der Waals surface area contributed by atoms with Gasteiger partial charge in [0.1, 0.15) is 5.75 Å². The van der Waals surface area contributed by atoms with Crippen LogP contribution >= 0.6 is 0 Å². The second-order valence-corrected chi connectivity index (χ2v) is 10.5. The van der Waals surface area contributed by atoms with Crippen LogP contribution in [-0.4, -0.2) is 38.0 Å². The van der Waals surface area contributed by atoms with Gasteiger partial charge in [-0.1, -0.05) is 24.1 Å². The van der Waals surface area contributed by atoms with Gasteiger partial charge in [0.05, 0.1) is 22.9 Å². The monoisotopic (exact) mass is 469 g/mol. The van der Waals surface area contributed by atoms with E-state index in [0.717, 1.165) is 35.5 Å². The fraction of sp³-hybridized carbons (Fsp3) is 0.440. The Hall–Kier alpha value is -2.71. The number of amides is 2. The van der Waals surface area contributed by atoms with Crippen LogP contribution in [0.2, 0.25) is 0 Å². The summed E-state index contributed by atoms with van der Waals surface area (Å²) in [7, 11) is 0. The molecule has 2 aromatic carbocycles. The van der Waals surface area contributed by atoms with E-state index in [2.05, 4.69) is 5.32 Å². The number of rotatable bonds is 8. The molecule has 0 aromatic heterocycles. The zero-order valence-corrected chi connectivity index (χ0v) is 20.2. The minimum absolute atomic E-state index is 0.0845. The molecule has 2 atom stereocenters. The van der Waals surface area contributed by atoms with Gasteiger partial charge in [-0.15, -0.1) is 0 Å². The van der Waals surface area contributed by atoms with Crippen molar-refractivity contribution in [2.75, 3.05) is 10.7 Å². The largest absolute Gasteiger partial charge is 0.772 e. The van der Waals surface area contributed by atoms with Crippen LogP contribution < -0.4 is 15.0 Å². The Labute approximate surface area is 196 Å². The minimum Gasteiger partial charge on any atom is -0.772 e. The Morgan fingerprint density at radius 1 is 1.27 bits per heavy atom. The number of hydrogen-bond acceptors (Lipinski definition) is 5. The van der Waals surface area contributed by atoms with E-state index >= 15 is 0 Å². The van der Waals surface area contributed by atoms with Gasteiger partial charge in [0.2, 0.25) is 5.91 Å². The Kier molecular flexibility index (Phi) is 6.09. The highest BCUT2D eigenvalue weighted by atomic mass is 32.2. The number of hydrogen-bond donors (Lipinski definition) is 1. The fourth-order valence-electron chi connectivity index (χ4n) is 4.04. The highest BCUT2D eigenvalue weighted by molar-refractivity contribution is 7.79. The minimum atomic E-state index is -2.28. The van der Waals surface area contributed by atoms with Gasteiger partial charge >= 0.3 is 0 Å². The van der Waals surface area contributed by atoms with Gasteiger partial charge in [0, 0.05) is 22.9 Å². The molecule has 2 aliphatic rings. The summed E-state index contributed by atoms with van der Waals surface area (Å²) in [5.74, 6) is 0.115. The fourth-order valence-corrected chi connectivity index (χ4v) is 4.84. The predicted molar refractivity (Wildman–Crippen MR) is 127 cm³/mol. The molecule has 1 N–H and O–H groups in total. The molecular weight excluding hydrogens is 440 g/mol. The van der Waals surface area contributed by atoms with Crippen LogP contribution in [0.1, 0.15) is 62.9 Å². The lowest BCUT2D eigenvalue weighted by atomic mass is 9.85. The van der Waals surface area contributed by atoms with Gasteiger partial charge in [-0.05, 0) is 75.9 Å². The maximum Gasteiger partial charge on any atom is 0.251 e. The first-order valence-electron chi connectivity index (χ1n) is 11.2. The number of carbonyl (C=O) groups is 2. The summed E-state index contributed by atoms with van der Waals surface area (Å²) in [5.41, 5.74) is 0.881. The molecule has 33 heavy (non-hydrogen) atoms. The van der Waals surface area contributed by atoms with Crippen LogP contribution in [0.4, 0.5) is 11.4 Å². The third kappa shape index (κ3) is 4.68. The van der Waals surface area contributed by atoms with Crippen molar-refractivity contribution in [3.8, 4) is 5.75 Å². The summed E-state index contributed by atoms with van der Waals surface area (Å²) >= 11 is -2.28. The molecule has 176 valence electrons. The van der Waals surface area contributed by atoms with Crippen LogP contribution in [0.25, 0.3) is 0 Å². The number of anilines is 2. The van der Waals surface area contributed by atoms with Gasteiger partial charge in [-0.3, -0.25) is 18.7 Å². The molecule has 1 saturated carbocycles. The van der Waals surface area contributed by atoms with Gasteiger partial charge in [0.25, 0.3) is 5.91 Å². The van der Waals surface area contributed by atoms with Crippen molar-refractivity contribution >= 4 is 34.3 Å². The molecule has 7 nitrogen and oxygen atoms in total. The lowest BCUT2D eigenvalue weighted by molar-refractivity contribution is -0.121. The van der Waals surface area contributed by atoms with E-state index in [1.807, 2.05) is 45.0 Å². The Morgan fingerprint density at radius 2 is 2.00 bits per heavy atom. The highest BCUT2D eigenvalue weighted by Gasteiger charge is 2.45. The van der Waals surface area contributed by atoms with E-state index < -0.39 is 22.0 Å². The zero-order valence-electron chi connectivity index (χ0n) is 19.3. The summed E-state index contributed by atoms with van der Waals surface area (Å²) < 4.78 is 28.3. The number of carbonyl (C=O) groups excluding carboxylic acids is 2. The first-order chi connectivity index (χ1) is 15.5. The van der Waals surface area contributed by atoms with E-state index in [9.17, 15) is 18.4 Å². The van der Waals surface area contributed by atoms with Crippen LogP contribution in [-0.2, 0) is 21.3 Å². The smallest absolute Gasteiger partial charge is 0.251 e. The second kappa shape index (κ2) is 8.57. The molecule has 0 radical (unpaired) electrons. The summed E-state index contributed by atoms with van der Waals surface area (Å²) in [4.78, 5) is 28.1. The molecule has 0 bridgehead atoms. The van der Waals surface area contributed by atoms with E-state index in [0.29, 0.717) is 12.0 Å². The standard InChI is InChI=1S/C25H30N2O5S/c1-5-25(4,15-33(30)31)26-22(28)16-9-12-21-20(13-16)24(2,3)23(29)27(21)17-7-6-8-19(14-17)32-18-10-11-18/h6-9,12-14,18H,5,10-11,15H2,1-4H3,(H,26,28)(H,30,31)/p-1/t25-/m1/s1. The molecule has 4 rings (SSSR count). The lowest BCUT2D eigenvalue weighted by Crippen LogP contribution is -2.49. The summed E-state index contributed by atoms with van der Waals surface area (Å²) in [6, 6.07) is 12.7. The van der Waals surface area contributed by atoms with Crippen molar-refractivity contribution in [1.82, 2.24) is 5.32 Å². The van der Waals surface area contributed by atoms with Crippen LogP contribution in [0.15, 0.2) is 42.5 Å². The number of fused-ring (bicyclic) bond motifs is 1. The van der Waals surface area contributed by atoms with Crippen molar-refractivity contribution in [1.29, 1.82) is 0 Å². The molecule has 0 spiro atoms. The maximum absolute atomic E-state index is 13.4. The van der Waals surface area contributed by atoms with Crippen LogP contribution in [0, 0.1) is 0 Å². The average Bonchev–Trinajstić information content (AvgIpc) is 3.54. The number of benzene rings is 2. The number of nitrogens with zero attached hydrogens (tertiary/aromatic N) is 1. The molecule has 1 heterocycles. The molecular formula is C25H29N2O5S-. The van der Waals surface area contributed by atoms with Gasteiger partial charge in [0.15, 0.2) is 0 Å². The van der Waals surface area contributed by atoms with Gasteiger partial charge in [-0.25, -0.2) is 0 Å². The third-order valence-corrected chi connectivity index (χ3v) is 7.32. The molecule has 1 unspecified atom stereocenters. The Bertz CT molecular complexity index is 1130. The molecule has 2 aromatic rings. The van der Waals surface area contributed by atoms with Crippen molar-refractivity contribution in [2.24, 2.45) is 0 Å². The second-order valence-electron chi connectivity index (χ2n) is 9.63. The number of ether oxygens (including phenoxy) is 1. The SMILES string of the molecule is CC[C@](C)(CS(=O)[O-])NC(=O)c1ccc2c(c1)C(C)(C)C(=O)N2c1cccc(OC2CC2)c1. The summed E-state index contributed by atoms with van der Waals surface area (Å²) in [5, 5.41) is 2.85. The molecule has 8 heteroatoms. The van der Waals surface area contributed by atoms with Gasteiger partial charge < -0.3 is 14.6 Å². The topological polar surface area (TPSA) is 98.8 Å². The lowest BCUT2D eigenvalue weighted by Gasteiger charge is -2.30. The molecule has 2 amide bonds. The van der Waals surface area contributed by atoms with E-state index in [4.69, 9.17) is 4.74 Å².